The molecule has 0 amide bonds. The van der Waals surface area contributed by atoms with Crippen molar-refractivity contribution < 1.29 is 0 Å². The summed E-state index contributed by atoms with van der Waals surface area (Å²) in [6.07, 6.45) is 9.95. The summed E-state index contributed by atoms with van der Waals surface area (Å²) in [5.41, 5.74) is 0. The average Bonchev–Trinajstić information content (AvgIpc) is 2.51. The van der Waals surface area contributed by atoms with Gasteiger partial charge in [0.25, 0.3) is 0 Å². The van der Waals surface area contributed by atoms with E-state index in [1.54, 1.807) is 0 Å². The lowest BCUT2D eigenvalue weighted by molar-refractivity contribution is 0.428. The van der Waals surface area contributed by atoms with Crippen molar-refractivity contribution >= 4 is 43.2 Å². The fourth-order valence-electron chi connectivity index (χ4n) is 2.71. The molecule has 96 valence electrons. The molecule has 1 aliphatic rings. The molecule has 0 aliphatic heterocycles. The lowest BCUT2D eigenvalue weighted by Crippen LogP contribution is -2.02. The molecule has 1 saturated carbocycles. The largest absolute Gasteiger partial charge is 0.143 e. The van der Waals surface area contributed by atoms with Gasteiger partial charge in [-0.05, 0) is 41.3 Å². The molecule has 3 heteroatoms. The van der Waals surface area contributed by atoms with Crippen LogP contribution in [-0.2, 0) is 0 Å². The van der Waals surface area contributed by atoms with Crippen LogP contribution in [0.5, 0.6) is 0 Å². The minimum atomic E-state index is 0.540. The van der Waals surface area contributed by atoms with E-state index in [0.717, 1.165) is 5.92 Å². The lowest BCUT2D eigenvalue weighted by Gasteiger charge is -2.17. The van der Waals surface area contributed by atoms with Crippen molar-refractivity contribution in [3.8, 4) is 0 Å². The van der Waals surface area contributed by atoms with Crippen LogP contribution in [-0.4, -0.2) is 0 Å². The predicted octanol–water partition coefficient (Wildman–Crippen LogP) is 6.62. The normalized spacial score (nSPS) is 20.2. The minimum absolute atomic E-state index is 0.540. The Morgan fingerprint density at radius 3 is 2.47 bits per heavy atom. The molecule has 1 aliphatic carbocycles. The Morgan fingerprint density at radius 2 is 1.94 bits per heavy atom. The first kappa shape index (κ1) is 14.1. The van der Waals surface area contributed by atoms with Gasteiger partial charge in [0.1, 0.15) is 0 Å². The molecule has 0 N–H and O–H groups in total. The van der Waals surface area contributed by atoms with Crippen LogP contribution in [0.4, 0.5) is 0 Å². The molecule has 1 fully saturated rings. The molecule has 0 bridgehead atoms. The van der Waals surface area contributed by atoms with Gasteiger partial charge in [-0.2, -0.15) is 0 Å². The lowest BCUT2D eigenvalue weighted by atomic mass is 9.94. The number of hydrogen-bond donors (Lipinski definition) is 0. The Kier molecular flexibility index (Phi) is 5.56. The number of rotatable bonds is 3. The highest BCUT2D eigenvalue weighted by Gasteiger charge is 2.20. The standard InChI is InChI=1S/C14H20Br2S/c1-10-8-12(15)14(17-10)13(16)9-11-6-4-2-3-5-7-11/h8,11,13H,2-7,9H2,1H3. The molecule has 2 rings (SSSR count). The molecule has 0 saturated heterocycles. The molecular weight excluding hydrogens is 360 g/mol. The second-order valence-corrected chi connectivity index (χ2v) is 8.38. The maximum Gasteiger partial charge on any atom is 0.0503 e. The number of aryl methyl sites for hydroxylation is 1. The van der Waals surface area contributed by atoms with E-state index in [4.69, 9.17) is 0 Å². The van der Waals surface area contributed by atoms with Crippen molar-refractivity contribution in [3.63, 3.8) is 0 Å². The Labute approximate surface area is 125 Å². The molecule has 0 radical (unpaired) electrons. The van der Waals surface area contributed by atoms with Gasteiger partial charge in [0.05, 0.1) is 4.83 Å². The summed E-state index contributed by atoms with van der Waals surface area (Å²) in [5, 5.41) is 0. The number of thiophene rings is 1. The van der Waals surface area contributed by atoms with Gasteiger partial charge >= 0.3 is 0 Å². The third-order valence-electron chi connectivity index (χ3n) is 3.64. The maximum atomic E-state index is 3.89. The summed E-state index contributed by atoms with van der Waals surface area (Å²) in [6.45, 7) is 2.18. The zero-order valence-electron chi connectivity index (χ0n) is 10.3. The van der Waals surface area contributed by atoms with Crippen molar-refractivity contribution in [2.45, 2.75) is 56.7 Å². The quantitative estimate of drug-likeness (QED) is 0.409. The Bertz CT molecular complexity index is 351. The summed E-state index contributed by atoms with van der Waals surface area (Å²) in [6, 6.07) is 2.24. The van der Waals surface area contributed by atoms with Crippen LogP contribution in [0.25, 0.3) is 0 Å². The molecule has 1 aromatic rings. The van der Waals surface area contributed by atoms with Crippen molar-refractivity contribution in [3.05, 3.63) is 20.3 Å². The van der Waals surface area contributed by atoms with Gasteiger partial charge in [0.15, 0.2) is 0 Å². The summed E-state index contributed by atoms with van der Waals surface area (Å²) in [4.78, 5) is 3.42. The van der Waals surface area contributed by atoms with E-state index in [2.05, 4.69) is 44.8 Å². The van der Waals surface area contributed by atoms with Gasteiger partial charge in [-0.3, -0.25) is 0 Å². The third-order valence-corrected chi connectivity index (χ3v) is 6.85. The molecule has 1 aromatic heterocycles. The third kappa shape index (κ3) is 4.07. The van der Waals surface area contributed by atoms with E-state index in [0.29, 0.717) is 4.83 Å². The Morgan fingerprint density at radius 1 is 1.29 bits per heavy atom. The molecule has 1 atom stereocenters. The zero-order valence-corrected chi connectivity index (χ0v) is 14.3. The number of alkyl halides is 1. The zero-order chi connectivity index (χ0) is 12.3. The van der Waals surface area contributed by atoms with Crippen LogP contribution in [0.2, 0.25) is 0 Å². The van der Waals surface area contributed by atoms with Crippen LogP contribution < -0.4 is 0 Å². The fourth-order valence-corrected chi connectivity index (χ4v) is 6.00. The summed E-state index contributed by atoms with van der Waals surface area (Å²) >= 11 is 9.49. The van der Waals surface area contributed by atoms with Gasteiger partial charge in [0, 0.05) is 14.2 Å². The Balaban J connectivity index is 1.95. The van der Waals surface area contributed by atoms with Crippen LogP contribution in [0.3, 0.4) is 0 Å². The van der Waals surface area contributed by atoms with E-state index in [9.17, 15) is 0 Å². The van der Waals surface area contributed by atoms with Crippen molar-refractivity contribution in [1.82, 2.24) is 0 Å². The van der Waals surface area contributed by atoms with E-state index < -0.39 is 0 Å². The van der Waals surface area contributed by atoms with Crippen molar-refractivity contribution in [2.75, 3.05) is 0 Å². The van der Waals surface area contributed by atoms with E-state index >= 15 is 0 Å². The molecule has 1 heterocycles. The van der Waals surface area contributed by atoms with Gasteiger partial charge in [0.2, 0.25) is 0 Å². The summed E-state index contributed by atoms with van der Waals surface area (Å²) < 4.78 is 1.29. The predicted molar refractivity (Wildman–Crippen MR) is 84.2 cm³/mol. The summed E-state index contributed by atoms with van der Waals surface area (Å²) in [7, 11) is 0. The topological polar surface area (TPSA) is 0 Å². The minimum Gasteiger partial charge on any atom is -0.143 e. The highest BCUT2D eigenvalue weighted by molar-refractivity contribution is 9.11. The van der Waals surface area contributed by atoms with Gasteiger partial charge in [-0.15, -0.1) is 11.3 Å². The second-order valence-electron chi connectivity index (χ2n) is 5.13. The van der Waals surface area contributed by atoms with Gasteiger partial charge in [-0.25, -0.2) is 0 Å². The molecule has 17 heavy (non-hydrogen) atoms. The Hall–Kier alpha value is 0.660. The fraction of sp³-hybridized carbons (Fsp3) is 0.714. The van der Waals surface area contributed by atoms with E-state index in [-0.39, 0.29) is 0 Å². The first-order valence-corrected chi connectivity index (χ1v) is 9.09. The van der Waals surface area contributed by atoms with E-state index in [1.807, 2.05) is 11.3 Å². The monoisotopic (exact) mass is 378 g/mol. The van der Waals surface area contributed by atoms with Crippen molar-refractivity contribution in [2.24, 2.45) is 5.92 Å². The molecule has 0 spiro atoms. The summed E-state index contributed by atoms with van der Waals surface area (Å²) in [5.74, 6) is 0.927. The van der Waals surface area contributed by atoms with Gasteiger partial charge < -0.3 is 0 Å². The smallest absolute Gasteiger partial charge is 0.0503 e. The molecular formula is C14H20Br2S. The number of halogens is 2. The van der Waals surface area contributed by atoms with E-state index in [1.165, 1.54) is 59.2 Å². The van der Waals surface area contributed by atoms with Crippen LogP contribution in [0, 0.1) is 12.8 Å². The maximum absolute atomic E-state index is 3.89. The van der Waals surface area contributed by atoms with Crippen molar-refractivity contribution in [1.29, 1.82) is 0 Å². The molecule has 1 unspecified atom stereocenters. The van der Waals surface area contributed by atoms with Crippen LogP contribution in [0.15, 0.2) is 10.5 Å². The first-order chi connectivity index (χ1) is 8.16. The second kappa shape index (κ2) is 6.72. The van der Waals surface area contributed by atoms with Crippen LogP contribution >= 0.6 is 43.2 Å². The molecule has 0 aromatic carbocycles. The van der Waals surface area contributed by atoms with Crippen LogP contribution in [0.1, 0.15) is 59.5 Å². The highest BCUT2D eigenvalue weighted by atomic mass is 79.9. The number of hydrogen-bond acceptors (Lipinski definition) is 1. The highest BCUT2D eigenvalue weighted by Crippen LogP contribution is 2.42. The SMILES string of the molecule is Cc1cc(Br)c(C(Br)CC2CCCCCC2)s1. The van der Waals surface area contributed by atoms with Gasteiger partial charge in [-0.1, -0.05) is 54.5 Å². The molecule has 0 nitrogen and oxygen atoms in total. The average molecular weight is 380 g/mol. The first-order valence-electron chi connectivity index (χ1n) is 6.56.